The zero-order valence-corrected chi connectivity index (χ0v) is 50.4. The number of aromatic nitrogens is 6. The zero-order valence-electron chi connectivity index (χ0n) is 45.8. The van der Waals surface area contributed by atoms with Crippen molar-refractivity contribution in [1.82, 2.24) is 49.6 Å². The number of aliphatic hydroxyl groups excluding tert-OH is 2. The second-order valence-corrected chi connectivity index (χ2v) is 26.5. The zero-order chi connectivity index (χ0) is 58.3. The summed E-state index contributed by atoms with van der Waals surface area (Å²) in [6, 6.07) is 15.7. The highest BCUT2D eigenvalue weighted by molar-refractivity contribution is 7.92. The van der Waals surface area contributed by atoms with Gasteiger partial charge in [0.2, 0.25) is 20.0 Å². The molecule has 0 bridgehead atoms. The largest absolute Gasteiger partial charge is 0.393 e. The number of likely N-dealkylation sites (tertiary alicyclic amines) is 2. The first-order valence-corrected chi connectivity index (χ1v) is 33.0. The van der Waals surface area contributed by atoms with E-state index in [2.05, 4.69) is 46.0 Å². The van der Waals surface area contributed by atoms with Gasteiger partial charge in [0, 0.05) is 73.6 Å². The van der Waals surface area contributed by atoms with Gasteiger partial charge in [0.15, 0.2) is 11.3 Å². The molecular formula is C54H70Cl4N14O8S2. The van der Waals surface area contributed by atoms with Crippen molar-refractivity contribution in [2.24, 2.45) is 0 Å². The number of nitrogens with zero attached hydrogens (tertiary/aromatic N) is 10. The Morgan fingerprint density at radius 3 is 1.49 bits per heavy atom. The summed E-state index contributed by atoms with van der Waals surface area (Å²) < 4.78 is 55.7. The lowest BCUT2D eigenvalue weighted by atomic mass is 9.98. The van der Waals surface area contributed by atoms with E-state index < -0.39 is 20.0 Å². The van der Waals surface area contributed by atoms with Crippen LogP contribution in [0, 0.1) is 0 Å². The Hall–Kier alpha value is -5.28. The van der Waals surface area contributed by atoms with Crippen LogP contribution >= 0.6 is 46.4 Å². The molecule has 28 heteroatoms. The number of aliphatic hydroxyl groups is 2. The molecule has 6 aliphatic rings. The van der Waals surface area contributed by atoms with Gasteiger partial charge >= 0.3 is 0 Å². The van der Waals surface area contributed by atoms with Crippen LogP contribution in [0.1, 0.15) is 121 Å². The first kappa shape index (κ1) is 61.3. The lowest BCUT2D eigenvalue weighted by molar-refractivity contribution is 0.0600. The lowest BCUT2D eigenvalue weighted by Gasteiger charge is -2.35. The highest BCUT2D eigenvalue weighted by Gasteiger charge is 2.35. The summed E-state index contributed by atoms with van der Waals surface area (Å²) in [6.45, 7) is 8.88. The second-order valence-electron chi connectivity index (χ2n) is 21.3. The summed E-state index contributed by atoms with van der Waals surface area (Å²) in [5.41, 5.74) is 3.34. The Kier molecular flexibility index (Phi) is 20.3. The number of carbonyl (C=O) groups is 2. The number of carbonyl (C=O) groups excluding carboxylic acids is 2. The number of amides is 2. The van der Waals surface area contributed by atoms with Crippen molar-refractivity contribution in [2.45, 2.75) is 101 Å². The van der Waals surface area contributed by atoms with E-state index in [0.717, 1.165) is 126 Å². The van der Waals surface area contributed by atoms with Gasteiger partial charge in [-0.2, -0.15) is 14.7 Å². The summed E-state index contributed by atoms with van der Waals surface area (Å²) in [5, 5.41) is 36.0. The number of anilines is 4. The average Bonchev–Trinajstić information content (AvgIpc) is 4.26. The highest BCUT2D eigenvalue weighted by atomic mass is 35.5. The predicted molar refractivity (Wildman–Crippen MR) is 321 cm³/mol. The van der Waals surface area contributed by atoms with Gasteiger partial charge < -0.3 is 40.4 Å². The molecule has 10 heterocycles. The van der Waals surface area contributed by atoms with Crippen LogP contribution in [0.3, 0.4) is 0 Å². The van der Waals surface area contributed by atoms with Gasteiger partial charge in [0.25, 0.3) is 11.8 Å². The van der Waals surface area contributed by atoms with Crippen LogP contribution in [0.25, 0.3) is 11.3 Å². The van der Waals surface area contributed by atoms with Gasteiger partial charge in [-0.15, -0.1) is 0 Å². The molecule has 82 heavy (non-hydrogen) atoms. The molecule has 2 aromatic carbocycles. The number of hydrogen-bond acceptors (Lipinski definition) is 16. The quantitative estimate of drug-likeness (QED) is 0.0728. The molecule has 0 radical (unpaired) electrons. The average molecular weight is 1250 g/mol. The first-order chi connectivity index (χ1) is 39.2. The van der Waals surface area contributed by atoms with E-state index in [-0.39, 0.29) is 63.8 Å². The first-order valence-electron chi connectivity index (χ1n) is 27.7. The summed E-state index contributed by atoms with van der Waals surface area (Å²) in [6.07, 6.45) is 12.5. The number of hydrogen-bond donors (Lipinski definition) is 6. The van der Waals surface area contributed by atoms with E-state index in [1.54, 1.807) is 21.9 Å². The predicted octanol–water partition coefficient (Wildman–Crippen LogP) is 7.43. The van der Waals surface area contributed by atoms with Crippen LogP contribution in [0.15, 0.2) is 60.7 Å². The number of rotatable bonds is 10. The molecule has 6 saturated heterocycles. The molecule has 2 amide bonds. The Morgan fingerprint density at radius 2 is 1.04 bits per heavy atom. The Balaban J connectivity index is 0.000000169. The van der Waals surface area contributed by atoms with Crippen LogP contribution in [0.4, 0.5) is 23.0 Å². The molecule has 4 aromatic heterocycles. The van der Waals surface area contributed by atoms with Crippen LogP contribution in [0.2, 0.25) is 20.4 Å². The minimum atomic E-state index is -3.60. The monoisotopic (exact) mass is 1250 g/mol. The van der Waals surface area contributed by atoms with E-state index in [0.29, 0.717) is 58.9 Å². The molecule has 6 N–H and O–H groups in total. The second kappa shape index (κ2) is 27.2. The van der Waals surface area contributed by atoms with Crippen molar-refractivity contribution in [3.05, 3.63) is 104 Å². The molecule has 6 aromatic rings. The maximum Gasteiger partial charge on any atom is 0.256 e. The number of sulfonamides is 2. The number of fused-ring (bicyclic) bond motifs is 2. The van der Waals surface area contributed by atoms with Gasteiger partial charge in [0.05, 0.1) is 70.7 Å². The van der Waals surface area contributed by atoms with Crippen LogP contribution in [0.5, 0.6) is 0 Å². The van der Waals surface area contributed by atoms with E-state index in [1.165, 1.54) is 60.4 Å². The minimum absolute atomic E-state index is 0.0266. The molecule has 22 nitrogen and oxygen atoms in total. The molecule has 0 saturated carbocycles. The molecule has 6 aliphatic heterocycles. The molecule has 0 spiro atoms. The SMILES string of the molecule is C1CNC1.CS(=O)(=O)Nc1ccc(Cl)cc1C(=O)N1CCCC[C@H]1c1cc2nc(Cl)cc(Cl)n2n1.CS(=O)(=O)Nc1ccc(Cl)cc1C(=O)N1CCCC[C@H]1c1cc2nc(N3CCC3)cc(N3CCC(O)CC3)n2n1.OC1CCNCC1. The van der Waals surface area contributed by atoms with E-state index in [1.807, 2.05) is 10.6 Å². The fourth-order valence-corrected chi connectivity index (χ4v) is 12.4. The van der Waals surface area contributed by atoms with Crippen molar-refractivity contribution in [3.8, 4) is 0 Å². The van der Waals surface area contributed by atoms with Gasteiger partial charge in [-0.05, 0) is 140 Å². The minimum Gasteiger partial charge on any atom is -0.393 e. The lowest BCUT2D eigenvalue weighted by Crippen LogP contribution is -2.39. The number of benzene rings is 2. The fourth-order valence-electron chi connectivity index (χ4n) is 10.5. The van der Waals surface area contributed by atoms with Gasteiger partial charge in [-0.1, -0.05) is 46.4 Å². The maximum atomic E-state index is 13.9. The Morgan fingerprint density at radius 1 is 0.549 bits per heavy atom. The van der Waals surface area contributed by atoms with Gasteiger partial charge in [-0.25, -0.2) is 31.3 Å². The number of halogens is 4. The molecule has 444 valence electrons. The van der Waals surface area contributed by atoms with E-state index >= 15 is 0 Å². The van der Waals surface area contributed by atoms with Crippen molar-refractivity contribution in [3.63, 3.8) is 0 Å². The third-order valence-electron chi connectivity index (χ3n) is 15.0. The van der Waals surface area contributed by atoms with Crippen LogP contribution in [-0.2, 0) is 20.0 Å². The van der Waals surface area contributed by atoms with E-state index in [4.69, 9.17) is 61.6 Å². The van der Waals surface area contributed by atoms with Crippen molar-refractivity contribution >= 4 is 113 Å². The normalized spacial score (nSPS) is 19.9. The molecular weight excluding hydrogens is 1180 g/mol. The smallest absolute Gasteiger partial charge is 0.256 e. The summed E-state index contributed by atoms with van der Waals surface area (Å²) in [7, 11) is -7.18. The van der Waals surface area contributed by atoms with Crippen LogP contribution in [-0.4, -0.2) is 168 Å². The summed E-state index contributed by atoms with van der Waals surface area (Å²) >= 11 is 24.6. The van der Waals surface area contributed by atoms with Gasteiger partial charge in [-0.3, -0.25) is 19.0 Å². The van der Waals surface area contributed by atoms with Crippen LogP contribution < -0.4 is 29.9 Å². The standard InChI is InChI=1S/C27H34ClN7O4S.C19H18Cl3N5O3S.C5H11NO.C3H7N/c1-40(38,39)31-21-7-6-18(28)15-20(21)27(37)34-12-3-2-5-23(34)22-16-25-29-24(32-10-4-11-32)17-26(35(25)30-22)33-13-8-19(36)9-14-33;1-31(29,30)25-13-6-5-11(20)8-12(13)19(28)26-7-3-2-4-15(26)14-9-18-23-16(21)10-17(22)27(18)24-14;7-5-1-3-6-4-2-5;1-2-4-3-1/h6-7,15-17,19,23,31,36H,2-5,8-14H2,1H3;5-6,8-10,15,25H,2-4,7H2,1H3;5-7H,1-4H2;4H,1-3H2/t23-;15-;;/m00../s1. The number of piperidine rings is 4. The van der Waals surface area contributed by atoms with E-state index in [9.17, 15) is 31.5 Å². The summed E-state index contributed by atoms with van der Waals surface area (Å²) in [5.74, 6) is 1.22. The molecule has 2 atom stereocenters. The maximum absolute atomic E-state index is 13.9. The Bertz CT molecular complexity index is 3460. The van der Waals surface area contributed by atoms with Crippen molar-refractivity contribution in [2.75, 3.05) is 97.2 Å². The third kappa shape index (κ3) is 15.7. The molecule has 12 rings (SSSR count). The number of nitrogens with one attached hydrogen (secondary N) is 4. The summed E-state index contributed by atoms with van der Waals surface area (Å²) in [4.78, 5) is 44.6. The Labute approximate surface area is 497 Å². The molecule has 0 unspecified atom stereocenters. The van der Waals surface area contributed by atoms with Crippen molar-refractivity contribution in [1.29, 1.82) is 0 Å². The topological polar surface area (TPSA) is 264 Å². The highest BCUT2D eigenvalue weighted by Crippen LogP contribution is 2.38. The molecule has 6 fully saturated rings. The van der Waals surface area contributed by atoms with Crippen molar-refractivity contribution < 1.29 is 36.6 Å². The fraction of sp³-hybridized carbons (Fsp3) is 0.519. The molecule has 0 aliphatic carbocycles. The van der Waals surface area contributed by atoms with Gasteiger partial charge in [0.1, 0.15) is 21.9 Å². The third-order valence-corrected chi connectivity index (χ3v) is 17.1.